The summed E-state index contributed by atoms with van der Waals surface area (Å²) >= 11 is 0. The van der Waals surface area contributed by atoms with Crippen molar-refractivity contribution in [3.8, 4) is 0 Å². The highest BCUT2D eigenvalue weighted by molar-refractivity contribution is 5.79. The number of aliphatic imine (C=N–C) groups is 1. The van der Waals surface area contributed by atoms with Crippen LogP contribution in [-0.4, -0.2) is 56.9 Å². The van der Waals surface area contributed by atoms with Gasteiger partial charge < -0.3 is 14.4 Å². The van der Waals surface area contributed by atoms with Gasteiger partial charge in [0.2, 0.25) is 5.96 Å². The third kappa shape index (κ3) is 3.96. The summed E-state index contributed by atoms with van der Waals surface area (Å²) in [7, 11) is 1.66. The van der Waals surface area contributed by atoms with Crippen molar-refractivity contribution in [1.29, 1.82) is 0 Å². The molecule has 0 aromatic rings. The quantitative estimate of drug-likeness (QED) is 0.225. The van der Waals surface area contributed by atoms with Crippen LogP contribution in [0.1, 0.15) is 13.3 Å². The van der Waals surface area contributed by atoms with E-state index in [1.54, 1.807) is 7.11 Å². The fourth-order valence-corrected chi connectivity index (χ4v) is 1.64. The van der Waals surface area contributed by atoms with E-state index in [0.29, 0.717) is 13.2 Å². The minimum Gasteiger partial charge on any atom is -0.383 e. The highest BCUT2D eigenvalue weighted by atomic mass is 16.5. The molecule has 6 nitrogen and oxygen atoms in total. The Morgan fingerprint density at radius 1 is 1.69 bits per heavy atom. The number of hydrogen-bond acceptors (Lipinski definition) is 4. The average Bonchev–Trinajstić information content (AvgIpc) is 2.35. The molecule has 0 amide bonds. The van der Waals surface area contributed by atoms with Crippen LogP contribution < -0.4 is 11.3 Å². The molecule has 0 saturated carbocycles. The van der Waals surface area contributed by atoms with Crippen molar-refractivity contribution in [2.75, 3.05) is 40.0 Å². The number of nitrogens with zero attached hydrogens (tertiary/aromatic N) is 2. The number of ether oxygens (including phenoxy) is 2. The summed E-state index contributed by atoms with van der Waals surface area (Å²) in [6.45, 7) is 5.73. The fourth-order valence-electron chi connectivity index (χ4n) is 1.64. The standard InChI is InChI=1S/C10H22N4O2/c1-3-9-8-14(5-7-16-9)10(13-11)12-4-6-15-2/h9H,3-8,11H2,1-2H3,(H,12,13). The Morgan fingerprint density at radius 3 is 3.12 bits per heavy atom. The van der Waals surface area contributed by atoms with Crippen LogP contribution in [0.4, 0.5) is 0 Å². The Labute approximate surface area is 96.8 Å². The van der Waals surface area contributed by atoms with Gasteiger partial charge >= 0.3 is 0 Å². The molecule has 1 heterocycles. The predicted octanol–water partition coefficient (Wildman–Crippen LogP) is -0.437. The lowest BCUT2D eigenvalue weighted by atomic mass is 10.2. The van der Waals surface area contributed by atoms with Gasteiger partial charge in [-0.15, -0.1) is 0 Å². The Bertz CT molecular complexity index is 223. The minimum absolute atomic E-state index is 0.273. The molecule has 3 N–H and O–H groups in total. The molecule has 1 fully saturated rings. The second kappa shape index (κ2) is 7.43. The third-order valence-corrected chi connectivity index (χ3v) is 2.58. The lowest BCUT2D eigenvalue weighted by Crippen LogP contribution is -2.52. The van der Waals surface area contributed by atoms with E-state index < -0.39 is 0 Å². The maximum atomic E-state index is 5.59. The Hall–Kier alpha value is -0.850. The highest BCUT2D eigenvalue weighted by Crippen LogP contribution is 2.07. The van der Waals surface area contributed by atoms with Crippen LogP contribution in [-0.2, 0) is 9.47 Å². The Morgan fingerprint density at radius 2 is 2.50 bits per heavy atom. The van der Waals surface area contributed by atoms with E-state index in [4.69, 9.17) is 15.3 Å². The van der Waals surface area contributed by atoms with Crippen LogP contribution in [0.25, 0.3) is 0 Å². The molecule has 16 heavy (non-hydrogen) atoms. The van der Waals surface area contributed by atoms with Crippen LogP contribution in [0.3, 0.4) is 0 Å². The Balaban J connectivity index is 2.47. The lowest BCUT2D eigenvalue weighted by molar-refractivity contribution is -0.00814. The number of nitrogens with one attached hydrogen (secondary N) is 1. The first-order valence-corrected chi connectivity index (χ1v) is 5.68. The molecule has 0 spiro atoms. The zero-order valence-corrected chi connectivity index (χ0v) is 10.1. The molecule has 0 aromatic heterocycles. The number of nitrogens with two attached hydrogens (primary N) is 1. The van der Waals surface area contributed by atoms with Crippen LogP contribution in [0.2, 0.25) is 0 Å². The van der Waals surface area contributed by atoms with Crippen molar-refractivity contribution in [3.05, 3.63) is 0 Å². The summed E-state index contributed by atoms with van der Waals surface area (Å²) in [5.41, 5.74) is 2.64. The minimum atomic E-state index is 0.273. The summed E-state index contributed by atoms with van der Waals surface area (Å²) in [5, 5.41) is 0. The van der Waals surface area contributed by atoms with Gasteiger partial charge in [-0.3, -0.25) is 5.43 Å². The summed E-state index contributed by atoms with van der Waals surface area (Å²) < 4.78 is 10.5. The first kappa shape index (κ1) is 13.2. The van der Waals surface area contributed by atoms with E-state index in [1.807, 2.05) is 0 Å². The van der Waals surface area contributed by atoms with Crippen LogP contribution in [0.5, 0.6) is 0 Å². The SMILES string of the molecule is CCC1CN(C(=NCCOC)NN)CCO1. The molecule has 0 radical (unpaired) electrons. The van der Waals surface area contributed by atoms with Gasteiger partial charge in [0, 0.05) is 20.2 Å². The molecular weight excluding hydrogens is 208 g/mol. The van der Waals surface area contributed by atoms with E-state index in [9.17, 15) is 0 Å². The molecule has 6 heteroatoms. The van der Waals surface area contributed by atoms with Gasteiger partial charge in [-0.2, -0.15) is 0 Å². The van der Waals surface area contributed by atoms with Gasteiger partial charge in [0.1, 0.15) is 0 Å². The van der Waals surface area contributed by atoms with Crippen molar-refractivity contribution in [1.82, 2.24) is 10.3 Å². The molecule has 0 aromatic carbocycles. The van der Waals surface area contributed by atoms with E-state index >= 15 is 0 Å². The summed E-state index contributed by atoms with van der Waals surface area (Å²) in [5.74, 6) is 6.19. The molecule has 1 atom stereocenters. The van der Waals surface area contributed by atoms with Gasteiger partial charge in [0.05, 0.1) is 25.9 Å². The molecule has 1 saturated heterocycles. The number of methoxy groups -OCH3 is 1. The lowest BCUT2D eigenvalue weighted by Gasteiger charge is -2.34. The molecule has 0 aliphatic carbocycles. The van der Waals surface area contributed by atoms with E-state index in [-0.39, 0.29) is 6.10 Å². The molecule has 1 aliphatic rings. The van der Waals surface area contributed by atoms with Crippen molar-refractivity contribution in [3.63, 3.8) is 0 Å². The normalized spacial score (nSPS) is 22.3. The second-order valence-corrected chi connectivity index (χ2v) is 3.69. The molecule has 1 aliphatic heterocycles. The molecule has 1 unspecified atom stereocenters. The largest absolute Gasteiger partial charge is 0.383 e. The number of rotatable bonds is 4. The number of hydrogen-bond donors (Lipinski definition) is 2. The maximum Gasteiger partial charge on any atom is 0.208 e. The first-order valence-electron chi connectivity index (χ1n) is 5.68. The smallest absolute Gasteiger partial charge is 0.208 e. The number of hydrazine groups is 1. The van der Waals surface area contributed by atoms with Gasteiger partial charge in [-0.25, -0.2) is 10.8 Å². The Kier molecular flexibility index (Phi) is 6.14. The highest BCUT2D eigenvalue weighted by Gasteiger charge is 2.21. The van der Waals surface area contributed by atoms with Crippen molar-refractivity contribution in [2.45, 2.75) is 19.4 Å². The molecule has 94 valence electrons. The monoisotopic (exact) mass is 230 g/mol. The van der Waals surface area contributed by atoms with Crippen molar-refractivity contribution in [2.24, 2.45) is 10.8 Å². The van der Waals surface area contributed by atoms with Crippen LogP contribution in [0, 0.1) is 0 Å². The summed E-state index contributed by atoms with van der Waals surface area (Å²) in [6.07, 6.45) is 1.28. The zero-order chi connectivity index (χ0) is 11.8. The average molecular weight is 230 g/mol. The van der Waals surface area contributed by atoms with E-state index in [1.165, 1.54) is 0 Å². The molecule has 0 bridgehead atoms. The van der Waals surface area contributed by atoms with Crippen LogP contribution >= 0.6 is 0 Å². The van der Waals surface area contributed by atoms with Crippen LogP contribution in [0.15, 0.2) is 4.99 Å². The van der Waals surface area contributed by atoms with Gasteiger partial charge in [0.25, 0.3) is 0 Å². The third-order valence-electron chi connectivity index (χ3n) is 2.58. The summed E-state index contributed by atoms with van der Waals surface area (Å²) in [6, 6.07) is 0. The van der Waals surface area contributed by atoms with E-state index in [2.05, 4.69) is 22.2 Å². The van der Waals surface area contributed by atoms with Gasteiger partial charge in [-0.05, 0) is 6.42 Å². The van der Waals surface area contributed by atoms with Crippen molar-refractivity contribution >= 4 is 5.96 Å². The second-order valence-electron chi connectivity index (χ2n) is 3.69. The summed E-state index contributed by atoms with van der Waals surface area (Å²) in [4.78, 5) is 6.47. The van der Waals surface area contributed by atoms with Gasteiger partial charge in [-0.1, -0.05) is 6.92 Å². The first-order chi connectivity index (χ1) is 7.81. The van der Waals surface area contributed by atoms with Gasteiger partial charge in [0.15, 0.2) is 0 Å². The van der Waals surface area contributed by atoms with E-state index in [0.717, 1.165) is 32.1 Å². The maximum absolute atomic E-state index is 5.59. The zero-order valence-electron chi connectivity index (χ0n) is 10.1. The number of guanidine groups is 1. The predicted molar refractivity (Wildman–Crippen MR) is 63.1 cm³/mol. The fraction of sp³-hybridized carbons (Fsp3) is 0.900. The topological polar surface area (TPSA) is 72.1 Å². The molecule has 1 rings (SSSR count). The molecular formula is C10H22N4O2. The van der Waals surface area contributed by atoms with Crippen molar-refractivity contribution < 1.29 is 9.47 Å². The number of morpholine rings is 1.